The maximum Gasteiger partial charge on any atom is 0.239 e. The fourth-order valence-electron chi connectivity index (χ4n) is 3.05. The Balaban J connectivity index is 1.85. The van der Waals surface area contributed by atoms with Crippen molar-refractivity contribution >= 4 is 28.3 Å². The predicted octanol–water partition coefficient (Wildman–Crippen LogP) is 3.11. The molecule has 4 nitrogen and oxygen atoms in total. The smallest absolute Gasteiger partial charge is 0.239 e. The Labute approximate surface area is 136 Å². The Morgan fingerprint density at radius 2 is 2.00 bits per heavy atom. The van der Waals surface area contributed by atoms with Crippen LogP contribution in [0.25, 0.3) is 10.8 Å². The van der Waals surface area contributed by atoms with E-state index in [0.717, 1.165) is 22.9 Å². The molecule has 4 heteroatoms. The molecular formula is C19H22N2O2. The molecule has 2 aromatic rings. The van der Waals surface area contributed by atoms with Crippen molar-refractivity contribution in [1.82, 2.24) is 5.32 Å². The zero-order chi connectivity index (χ0) is 16.4. The zero-order valence-corrected chi connectivity index (χ0v) is 13.6. The van der Waals surface area contributed by atoms with Crippen molar-refractivity contribution in [2.45, 2.75) is 32.7 Å². The summed E-state index contributed by atoms with van der Waals surface area (Å²) in [6, 6.07) is 14.1. The number of amides is 2. The highest BCUT2D eigenvalue weighted by Crippen LogP contribution is 2.31. The highest BCUT2D eigenvalue weighted by molar-refractivity contribution is 6.12. The van der Waals surface area contributed by atoms with Crippen LogP contribution in [-0.2, 0) is 9.59 Å². The monoisotopic (exact) mass is 310 g/mol. The van der Waals surface area contributed by atoms with Gasteiger partial charge in [-0.25, -0.2) is 0 Å². The van der Waals surface area contributed by atoms with Gasteiger partial charge < -0.3 is 10.2 Å². The minimum Gasteiger partial charge on any atom is -0.353 e. The van der Waals surface area contributed by atoms with Gasteiger partial charge in [0.05, 0.1) is 5.69 Å². The second-order valence-corrected chi connectivity index (χ2v) is 6.15. The Morgan fingerprint density at radius 1 is 1.26 bits per heavy atom. The summed E-state index contributed by atoms with van der Waals surface area (Å²) in [6.45, 7) is 4.56. The number of rotatable bonds is 4. The molecule has 2 aromatic carbocycles. The van der Waals surface area contributed by atoms with Crippen LogP contribution in [-0.4, -0.2) is 24.4 Å². The van der Waals surface area contributed by atoms with E-state index in [4.69, 9.17) is 0 Å². The highest BCUT2D eigenvalue weighted by atomic mass is 16.2. The van der Waals surface area contributed by atoms with Crippen molar-refractivity contribution in [3.8, 4) is 0 Å². The molecular weight excluding hydrogens is 288 g/mol. The Morgan fingerprint density at radius 3 is 2.78 bits per heavy atom. The molecule has 1 heterocycles. The molecule has 2 atom stereocenters. The molecule has 1 N–H and O–H groups in total. The van der Waals surface area contributed by atoms with Crippen LogP contribution < -0.4 is 10.2 Å². The number of benzene rings is 2. The van der Waals surface area contributed by atoms with E-state index in [-0.39, 0.29) is 17.9 Å². The summed E-state index contributed by atoms with van der Waals surface area (Å²) >= 11 is 0. The van der Waals surface area contributed by atoms with Crippen molar-refractivity contribution in [3.05, 3.63) is 42.5 Å². The van der Waals surface area contributed by atoms with Crippen LogP contribution in [0.15, 0.2) is 42.5 Å². The topological polar surface area (TPSA) is 49.4 Å². The molecule has 0 radical (unpaired) electrons. The lowest BCUT2D eigenvalue weighted by Crippen LogP contribution is -2.40. The van der Waals surface area contributed by atoms with E-state index in [1.807, 2.05) is 56.3 Å². The average molecular weight is 310 g/mol. The lowest BCUT2D eigenvalue weighted by molar-refractivity contribution is -0.132. The number of nitrogens with zero attached hydrogens (tertiary/aromatic N) is 1. The molecule has 1 aliphatic heterocycles. The first kappa shape index (κ1) is 15.5. The standard InChI is InChI=1S/C19H22N2O2/c1-3-13(2)20-18(22)16-11-12-21(19(16)23)17-10-6-8-14-7-4-5-9-15(14)17/h4-10,13,16H,3,11-12H2,1-2H3,(H,20,22). The van der Waals surface area contributed by atoms with Crippen LogP contribution in [0.3, 0.4) is 0 Å². The van der Waals surface area contributed by atoms with Gasteiger partial charge in [-0.3, -0.25) is 9.59 Å². The molecule has 0 aromatic heterocycles. The maximum absolute atomic E-state index is 12.7. The number of carbonyl (C=O) groups excluding carboxylic acids is 2. The fraction of sp³-hybridized carbons (Fsp3) is 0.368. The Kier molecular flexibility index (Phi) is 4.33. The molecule has 0 aliphatic carbocycles. The second-order valence-electron chi connectivity index (χ2n) is 6.15. The van der Waals surface area contributed by atoms with E-state index >= 15 is 0 Å². The molecule has 2 unspecified atom stereocenters. The van der Waals surface area contributed by atoms with Crippen molar-refractivity contribution < 1.29 is 9.59 Å². The van der Waals surface area contributed by atoms with Crippen molar-refractivity contribution in [3.63, 3.8) is 0 Å². The molecule has 23 heavy (non-hydrogen) atoms. The van der Waals surface area contributed by atoms with Gasteiger partial charge in [0.1, 0.15) is 5.92 Å². The van der Waals surface area contributed by atoms with Gasteiger partial charge in [0, 0.05) is 18.0 Å². The van der Waals surface area contributed by atoms with Gasteiger partial charge in [0.25, 0.3) is 0 Å². The number of hydrogen-bond donors (Lipinski definition) is 1. The lowest BCUT2D eigenvalue weighted by Gasteiger charge is -2.19. The van der Waals surface area contributed by atoms with E-state index in [2.05, 4.69) is 5.32 Å². The van der Waals surface area contributed by atoms with E-state index < -0.39 is 5.92 Å². The van der Waals surface area contributed by atoms with Gasteiger partial charge in [-0.1, -0.05) is 43.3 Å². The van der Waals surface area contributed by atoms with Crippen LogP contribution in [0, 0.1) is 5.92 Å². The summed E-state index contributed by atoms with van der Waals surface area (Å²) in [4.78, 5) is 26.8. The molecule has 120 valence electrons. The summed E-state index contributed by atoms with van der Waals surface area (Å²) in [6.07, 6.45) is 1.43. The quantitative estimate of drug-likeness (QED) is 0.882. The van der Waals surface area contributed by atoms with E-state index in [1.165, 1.54) is 0 Å². The first-order valence-electron chi connectivity index (χ1n) is 8.21. The van der Waals surface area contributed by atoms with Crippen LogP contribution in [0.1, 0.15) is 26.7 Å². The summed E-state index contributed by atoms with van der Waals surface area (Å²) in [5, 5.41) is 5.07. The third-order valence-corrected chi connectivity index (χ3v) is 4.58. The molecule has 2 amide bonds. The maximum atomic E-state index is 12.7. The Bertz CT molecular complexity index is 736. The second kappa shape index (κ2) is 6.41. The first-order valence-corrected chi connectivity index (χ1v) is 8.21. The van der Waals surface area contributed by atoms with Gasteiger partial charge in [0.2, 0.25) is 11.8 Å². The third kappa shape index (κ3) is 2.93. The van der Waals surface area contributed by atoms with Gasteiger partial charge in [-0.15, -0.1) is 0 Å². The van der Waals surface area contributed by atoms with Gasteiger partial charge in [-0.2, -0.15) is 0 Å². The predicted molar refractivity (Wildman–Crippen MR) is 92.3 cm³/mol. The van der Waals surface area contributed by atoms with E-state index in [0.29, 0.717) is 13.0 Å². The van der Waals surface area contributed by atoms with Crippen LogP contribution in [0.5, 0.6) is 0 Å². The van der Waals surface area contributed by atoms with Gasteiger partial charge in [0.15, 0.2) is 0 Å². The minimum atomic E-state index is -0.567. The number of hydrogen-bond acceptors (Lipinski definition) is 2. The molecule has 1 aliphatic rings. The van der Waals surface area contributed by atoms with Gasteiger partial charge in [-0.05, 0) is 31.2 Å². The SMILES string of the molecule is CCC(C)NC(=O)C1CCN(c2cccc3ccccc23)C1=O. The minimum absolute atomic E-state index is 0.0952. The van der Waals surface area contributed by atoms with Crippen LogP contribution in [0.4, 0.5) is 5.69 Å². The number of fused-ring (bicyclic) bond motifs is 1. The summed E-state index contributed by atoms with van der Waals surface area (Å²) in [5.41, 5.74) is 0.895. The summed E-state index contributed by atoms with van der Waals surface area (Å²) in [5.74, 6) is -0.808. The zero-order valence-electron chi connectivity index (χ0n) is 13.6. The summed E-state index contributed by atoms with van der Waals surface area (Å²) in [7, 11) is 0. The summed E-state index contributed by atoms with van der Waals surface area (Å²) < 4.78 is 0. The van der Waals surface area contributed by atoms with Crippen molar-refractivity contribution in [2.24, 2.45) is 5.92 Å². The fourth-order valence-corrected chi connectivity index (χ4v) is 3.05. The van der Waals surface area contributed by atoms with Crippen molar-refractivity contribution in [2.75, 3.05) is 11.4 Å². The molecule has 1 fully saturated rings. The third-order valence-electron chi connectivity index (χ3n) is 4.58. The van der Waals surface area contributed by atoms with Crippen LogP contribution >= 0.6 is 0 Å². The van der Waals surface area contributed by atoms with E-state index in [1.54, 1.807) is 4.90 Å². The molecule has 0 saturated carbocycles. The molecule has 3 rings (SSSR count). The Hall–Kier alpha value is -2.36. The van der Waals surface area contributed by atoms with Crippen LogP contribution in [0.2, 0.25) is 0 Å². The first-order chi connectivity index (χ1) is 11.1. The van der Waals surface area contributed by atoms with Crippen molar-refractivity contribution in [1.29, 1.82) is 0 Å². The highest BCUT2D eigenvalue weighted by Gasteiger charge is 2.38. The van der Waals surface area contributed by atoms with Gasteiger partial charge >= 0.3 is 0 Å². The lowest BCUT2D eigenvalue weighted by atomic mass is 10.1. The van der Waals surface area contributed by atoms with E-state index in [9.17, 15) is 9.59 Å². The average Bonchev–Trinajstić information content (AvgIpc) is 2.95. The number of anilines is 1. The normalized spacial score (nSPS) is 19.1. The largest absolute Gasteiger partial charge is 0.353 e. The number of carbonyl (C=O) groups is 2. The number of nitrogens with one attached hydrogen (secondary N) is 1. The molecule has 0 spiro atoms. The molecule has 0 bridgehead atoms. The molecule has 1 saturated heterocycles.